The number of aromatic nitrogens is 4. The molecular formula is C21H18N4O3. The van der Waals surface area contributed by atoms with Crippen molar-refractivity contribution in [1.29, 1.82) is 0 Å². The Kier molecular flexibility index (Phi) is 4.97. The van der Waals surface area contributed by atoms with Gasteiger partial charge in [-0.2, -0.15) is 10.1 Å². The summed E-state index contributed by atoms with van der Waals surface area (Å²) in [4.78, 5) is 16.6. The molecule has 7 heteroatoms. The van der Waals surface area contributed by atoms with Gasteiger partial charge in [0.1, 0.15) is 5.75 Å². The number of nitrogens with zero attached hydrogens (tertiary/aromatic N) is 4. The van der Waals surface area contributed by atoms with Gasteiger partial charge in [0, 0.05) is 23.6 Å². The molecular weight excluding hydrogens is 356 g/mol. The Morgan fingerprint density at radius 1 is 1.00 bits per heavy atom. The SMILES string of the molecule is COc1cccc(-c2ccc(=O)n(CCc3nc(-c4ccccc4)no3)n2)c1. The Hall–Kier alpha value is -3.74. The second kappa shape index (κ2) is 7.87. The fourth-order valence-electron chi connectivity index (χ4n) is 2.81. The van der Waals surface area contributed by atoms with Crippen molar-refractivity contribution in [3.63, 3.8) is 0 Å². The molecule has 0 aliphatic carbocycles. The summed E-state index contributed by atoms with van der Waals surface area (Å²) in [6, 6.07) is 20.3. The largest absolute Gasteiger partial charge is 0.497 e. The molecule has 0 aliphatic heterocycles. The highest BCUT2D eigenvalue weighted by Crippen LogP contribution is 2.21. The number of hydrogen-bond acceptors (Lipinski definition) is 6. The van der Waals surface area contributed by atoms with E-state index in [9.17, 15) is 4.79 Å². The van der Waals surface area contributed by atoms with Crippen molar-refractivity contribution in [3.8, 4) is 28.4 Å². The zero-order valence-electron chi connectivity index (χ0n) is 15.3. The summed E-state index contributed by atoms with van der Waals surface area (Å²) in [5.74, 6) is 1.72. The molecule has 0 saturated heterocycles. The van der Waals surface area contributed by atoms with Crippen LogP contribution in [0.3, 0.4) is 0 Å². The van der Waals surface area contributed by atoms with Crippen molar-refractivity contribution >= 4 is 0 Å². The van der Waals surface area contributed by atoms with E-state index in [4.69, 9.17) is 9.26 Å². The zero-order valence-corrected chi connectivity index (χ0v) is 15.3. The molecule has 0 fully saturated rings. The molecule has 0 N–H and O–H groups in total. The number of aryl methyl sites for hydroxylation is 2. The van der Waals surface area contributed by atoms with E-state index >= 15 is 0 Å². The minimum atomic E-state index is -0.186. The molecule has 0 saturated carbocycles. The van der Waals surface area contributed by atoms with Crippen molar-refractivity contribution in [3.05, 3.63) is 83.0 Å². The van der Waals surface area contributed by atoms with Gasteiger partial charge in [0.2, 0.25) is 11.7 Å². The van der Waals surface area contributed by atoms with Gasteiger partial charge in [-0.25, -0.2) is 4.68 Å². The Labute approximate surface area is 161 Å². The van der Waals surface area contributed by atoms with Crippen LogP contribution in [0, 0.1) is 0 Å². The lowest BCUT2D eigenvalue weighted by Crippen LogP contribution is -2.23. The van der Waals surface area contributed by atoms with E-state index in [0.717, 1.165) is 16.9 Å². The average Bonchev–Trinajstić information content (AvgIpc) is 3.23. The van der Waals surface area contributed by atoms with Crippen molar-refractivity contribution in [2.45, 2.75) is 13.0 Å². The molecule has 0 bridgehead atoms. The Balaban J connectivity index is 1.52. The number of benzene rings is 2. The van der Waals surface area contributed by atoms with Crippen LogP contribution in [0.5, 0.6) is 5.75 Å². The van der Waals surface area contributed by atoms with E-state index in [1.54, 1.807) is 13.2 Å². The number of ether oxygens (including phenoxy) is 1. The van der Waals surface area contributed by atoms with Gasteiger partial charge in [0.15, 0.2) is 0 Å². The minimum Gasteiger partial charge on any atom is -0.497 e. The highest BCUT2D eigenvalue weighted by Gasteiger charge is 2.10. The normalized spacial score (nSPS) is 10.8. The van der Waals surface area contributed by atoms with Gasteiger partial charge in [-0.1, -0.05) is 47.6 Å². The maximum atomic E-state index is 12.2. The second-order valence-corrected chi connectivity index (χ2v) is 6.14. The first kappa shape index (κ1) is 17.7. The Morgan fingerprint density at radius 2 is 1.82 bits per heavy atom. The maximum Gasteiger partial charge on any atom is 0.266 e. The van der Waals surface area contributed by atoms with E-state index in [-0.39, 0.29) is 5.56 Å². The lowest BCUT2D eigenvalue weighted by atomic mass is 10.1. The molecule has 4 rings (SSSR count). The second-order valence-electron chi connectivity index (χ2n) is 6.14. The van der Waals surface area contributed by atoms with E-state index in [1.807, 2.05) is 54.6 Å². The fraction of sp³-hybridized carbons (Fsp3) is 0.143. The number of rotatable bonds is 6. The van der Waals surface area contributed by atoms with Gasteiger partial charge in [-0.3, -0.25) is 4.79 Å². The van der Waals surface area contributed by atoms with E-state index < -0.39 is 0 Å². The van der Waals surface area contributed by atoms with Crippen LogP contribution in [0.15, 0.2) is 76.0 Å². The predicted octanol–water partition coefficient (Wildman–Crippen LogP) is 3.21. The topological polar surface area (TPSA) is 83.0 Å². The van der Waals surface area contributed by atoms with Crippen molar-refractivity contribution in [1.82, 2.24) is 19.9 Å². The highest BCUT2D eigenvalue weighted by atomic mass is 16.5. The third kappa shape index (κ3) is 3.83. The van der Waals surface area contributed by atoms with Crippen LogP contribution < -0.4 is 10.3 Å². The predicted molar refractivity (Wildman–Crippen MR) is 104 cm³/mol. The van der Waals surface area contributed by atoms with E-state index in [1.165, 1.54) is 10.7 Å². The first-order valence-electron chi connectivity index (χ1n) is 8.83. The standard InChI is InChI=1S/C21H18N4O3/c1-27-17-9-5-8-16(14-17)18-10-11-20(26)25(23-18)13-12-19-22-21(24-28-19)15-6-3-2-4-7-15/h2-11,14H,12-13H2,1H3. The molecule has 28 heavy (non-hydrogen) atoms. The molecule has 2 heterocycles. The first-order chi connectivity index (χ1) is 13.7. The molecule has 140 valence electrons. The lowest BCUT2D eigenvalue weighted by molar-refractivity contribution is 0.368. The third-order valence-corrected chi connectivity index (χ3v) is 4.27. The smallest absolute Gasteiger partial charge is 0.266 e. The van der Waals surface area contributed by atoms with Crippen molar-refractivity contribution in [2.24, 2.45) is 0 Å². The molecule has 2 aromatic heterocycles. The van der Waals surface area contributed by atoms with Gasteiger partial charge in [0.25, 0.3) is 5.56 Å². The van der Waals surface area contributed by atoms with Crippen LogP contribution in [0.25, 0.3) is 22.6 Å². The fourth-order valence-corrected chi connectivity index (χ4v) is 2.81. The van der Waals surface area contributed by atoms with Crippen molar-refractivity contribution in [2.75, 3.05) is 7.11 Å². The molecule has 0 amide bonds. The zero-order chi connectivity index (χ0) is 19.3. The summed E-state index contributed by atoms with van der Waals surface area (Å²) in [5.41, 5.74) is 2.26. The summed E-state index contributed by atoms with van der Waals surface area (Å²) in [5, 5.41) is 8.45. The number of methoxy groups -OCH3 is 1. The maximum absolute atomic E-state index is 12.2. The molecule has 0 atom stereocenters. The van der Waals surface area contributed by atoms with Crippen LogP contribution in [0.4, 0.5) is 0 Å². The molecule has 2 aromatic carbocycles. The summed E-state index contributed by atoms with van der Waals surface area (Å²) in [6.45, 7) is 0.340. The van der Waals surface area contributed by atoms with Crippen LogP contribution in [0.1, 0.15) is 5.89 Å². The summed E-state index contributed by atoms with van der Waals surface area (Å²) in [6.07, 6.45) is 0.411. The first-order valence-corrected chi connectivity index (χ1v) is 8.83. The molecule has 0 unspecified atom stereocenters. The molecule has 0 spiro atoms. The van der Waals surface area contributed by atoms with E-state index in [0.29, 0.717) is 30.4 Å². The van der Waals surface area contributed by atoms with Gasteiger partial charge in [-0.05, 0) is 18.2 Å². The summed E-state index contributed by atoms with van der Waals surface area (Å²) < 4.78 is 12.0. The molecule has 0 aliphatic rings. The summed E-state index contributed by atoms with van der Waals surface area (Å²) >= 11 is 0. The highest BCUT2D eigenvalue weighted by molar-refractivity contribution is 5.60. The van der Waals surface area contributed by atoms with Gasteiger partial charge < -0.3 is 9.26 Å². The van der Waals surface area contributed by atoms with Gasteiger partial charge >= 0.3 is 0 Å². The number of hydrogen-bond donors (Lipinski definition) is 0. The monoisotopic (exact) mass is 374 g/mol. The van der Waals surface area contributed by atoms with Crippen LogP contribution in [-0.4, -0.2) is 27.0 Å². The Morgan fingerprint density at radius 3 is 2.64 bits per heavy atom. The summed E-state index contributed by atoms with van der Waals surface area (Å²) in [7, 11) is 1.61. The molecule has 0 radical (unpaired) electrons. The van der Waals surface area contributed by atoms with Crippen LogP contribution in [-0.2, 0) is 13.0 Å². The van der Waals surface area contributed by atoms with Crippen LogP contribution >= 0.6 is 0 Å². The van der Waals surface area contributed by atoms with Crippen LogP contribution in [0.2, 0.25) is 0 Å². The minimum absolute atomic E-state index is 0.186. The molecule has 4 aromatic rings. The Bertz CT molecular complexity index is 1140. The lowest BCUT2D eigenvalue weighted by Gasteiger charge is -2.07. The molecule has 7 nitrogen and oxygen atoms in total. The van der Waals surface area contributed by atoms with E-state index in [2.05, 4.69) is 15.2 Å². The van der Waals surface area contributed by atoms with Crippen molar-refractivity contribution < 1.29 is 9.26 Å². The van der Waals surface area contributed by atoms with Gasteiger partial charge in [-0.15, -0.1) is 0 Å². The third-order valence-electron chi connectivity index (χ3n) is 4.27. The average molecular weight is 374 g/mol. The van der Waals surface area contributed by atoms with Gasteiger partial charge in [0.05, 0.1) is 19.3 Å². The quantitative estimate of drug-likeness (QED) is 0.515.